The summed E-state index contributed by atoms with van der Waals surface area (Å²) in [5.74, 6) is 0.940. The van der Waals surface area contributed by atoms with Crippen LogP contribution in [0.15, 0.2) is 41.1 Å². The molecule has 2 heterocycles. The number of thiazole rings is 1. The molecule has 0 spiro atoms. The van der Waals surface area contributed by atoms with Gasteiger partial charge in [-0.15, -0.1) is 22.7 Å². The maximum absolute atomic E-state index is 12.5. The summed E-state index contributed by atoms with van der Waals surface area (Å²) >= 11 is 3.25. The average molecular weight is 387 g/mol. The number of hydrogen-bond acceptors (Lipinski definition) is 5. The number of ether oxygens (including phenoxy) is 1. The lowest BCUT2D eigenvalue weighted by Gasteiger charge is -2.16. The van der Waals surface area contributed by atoms with Gasteiger partial charge in [-0.1, -0.05) is 0 Å². The zero-order chi connectivity index (χ0) is 18.5. The van der Waals surface area contributed by atoms with Gasteiger partial charge in [0.1, 0.15) is 10.8 Å². The molecule has 3 aromatic rings. The molecule has 6 heteroatoms. The third-order valence-corrected chi connectivity index (χ3v) is 6.02. The van der Waals surface area contributed by atoms with Crippen molar-refractivity contribution in [2.75, 3.05) is 13.7 Å². The Bertz CT molecular complexity index is 868. The van der Waals surface area contributed by atoms with Crippen molar-refractivity contribution in [3.63, 3.8) is 0 Å². The van der Waals surface area contributed by atoms with Gasteiger partial charge in [-0.2, -0.15) is 0 Å². The van der Waals surface area contributed by atoms with Gasteiger partial charge in [0.2, 0.25) is 5.91 Å². The van der Waals surface area contributed by atoms with Gasteiger partial charge in [0.15, 0.2) is 0 Å². The van der Waals surface area contributed by atoms with Crippen molar-refractivity contribution in [3.05, 3.63) is 57.2 Å². The molecule has 0 aliphatic rings. The number of aryl methyl sites for hydroxylation is 1. The topological polar surface area (TPSA) is 42.4 Å². The summed E-state index contributed by atoms with van der Waals surface area (Å²) in [6.07, 6.45) is 0.328. The van der Waals surface area contributed by atoms with Crippen LogP contribution in [0, 0.1) is 6.92 Å². The number of carbonyl (C=O) groups is 1. The Morgan fingerprint density at radius 3 is 2.62 bits per heavy atom. The smallest absolute Gasteiger partial charge is 0.228 e. The number of aromatic nitrogens is 1. The summed E-state index contributed by atoms with van der Waals surface area (Å²) in [4.78, 5) is 20.1. The Hall–Kier alpha value is -2.18. The summed E-state index contributed by atoms with van der Waals surface area (Å²) in [7, 11) is 1.85. The molecule has 0 saturated carbocycles. The highest BCUT2D eigenvalue weighted by Crippen LogP contribution is 2.26. The lowest BCUT2D eigenvalue weighted by molar-refractivity contribution is -0.129. The third-order valence-electron chi connectivity index (χ3n) is 4.07. The van der Waals surface area contributed by atoms with E-state index in [4.69, 9.17) is 4.74 Å². The SMILES string of the molecule is CCOc1ccc(-c2nc(CC(=O)N(C)Cc3sccc3C)cs2)cc1. The molecule has 0 bridgehead atoms. The van der Waals surface area contributed by atoms with Gasteiger partial charge >= 0.3 is 0 Å². The zero-order valence-electron chi connectivity index (χ0n) is 15.2. The van der Waals surface area contributed by atoms with Crippen LogP contribution < -0.4 is 4.74 Å². The quantitative estimate of drug-likeness (QED) is 0.587. The molecule has 0 atom stereocenters. The predicted molar refractivity (Wildman–Crippen MR) is 108 cm³/mol. The molecule has 1 amide bonds. The average Bonchev–Trinajstić information content (AvgIpc) is 3.25. The van der Waals surface area contributed by atoms with Crippen LogP contribution in [0.4, 0.5) is 0 Å². The van der Waals surface area contributed by atoms with Gasteiger partial charge in [0.25, 0.3) is 0 Å². The van der Waals surface area contributed by atoms with Crippen LogP contribution >= 0.6 is 22.7 Å². The number of carbonyl (C=O) groups excluding carboxylic acids is 1. The van der Waals surface area contributed by atoms with Gasteiger partial charge in [0, 0.05) is 22.9 Å². The predicted octanol–water partition coefficient (Wildman–Crippen LogP) is 4.78. The fourth-order valence-corrected chi connectivity index (χ4v) is 4.33. The highest BCUT2D eigenvalue weighted by molar-refractivity contribution is 7.13. The Labute approximate surface area is 162 Å². The number of amides is 1. The molecule has 3 rings (SSSR count). The Balaban J connectivity index is 1.62. The highest BCUT2D eigenvalue weighted by Gasteiger charge is 2.14. The van der Waals surface area contributed by atoms with Gasteiger partial charge in [-0.3, -0.25) is 4.79 Å². The minimum atomic E-state index is 0.0846. The highest BCUT2D eigenvalue weighted by atomic mass is 32.1. The lowest BCUT2D eigenvalue weighted by Crippen LogP contribution is -2.27. The lowest BCUT2D eigenvalue weighted by atomic mass is 10.2. The molecule has 0 N–H and O–H groups in total. The molecule has 2 aromatic heterocycles. The zero-order valence-corrected chi connectivity index (χ0v) is 16.8. The molecule has 26 heavy (non-hydrogen) atoms. The van der Waals surface area contributed by atoms with Gasteiger partial charge in [-0.25, -0.2) is 4.98 Å². The molecule has 0 radical (unpaired) electrons. The summed E-state index contributed by atoms with van der Waals surface area (Å²) in [5, 5.41) is 4.95. The first-order chi connectivity index (χ1) is 12.6. The first-order valence-corrected chi connectivity index (χ1v) is 10.3. The van der Waals surface area contributed by atoms with Crippen molar-refractivity contribution in [2.45, 2.75) is 26.8 Å². The number of nitrogens with zero attached hydrogens (tertiary/aromatic N) is 2. The fraction of sp³-hybridized carbons (Fsp3) is 0.300. The van der Waals surface area contributed by atoms with Crippen LogP contribution in [0.2, 0.25) is 0 Å². The van der Waals surface area contributed by atoms with Crippen molar-refractivity contribution < 1.29 is 9.53 Å². The minimum absolute atomic E-state index is 0.0846. The summed E-state index contributed by atoms with van der Waals surface area (Å²) in [6.45, 7) is 5.35. The molecule has 1 aromatic carbocycles. The maximum atomic E-state index is 12.5. The first kappa shape index (κ1) is 18.6. The van der Waals surface area contributed by atoms with Crippen LogP contribution in [0.1, 0.15) is 23.1 Å². The molecule has 0 aliphatic carbocycles. The second kappa shape index (κ2) is 8.47. The third kappa shape index (κ3) is 4.51. The Morgan fingerprint density at radius 1 is 1.19 bits per heavy atom. The molecule has 0 aliphatic heterocycles. The van der Waals surface area contributed by atoms with Crippen molar-refractivity contribution in [1.29, 1.82) is 0 Å². The minimum Gasteiger partial charge on any atom is -0.494 e. The summed E-state index contributed by atoms with van der Waals surface area (Å²) < 4.78 is 5.47. The summed E-state index contributed by atoms with van der Waals surface area (Å²) in [6, 6.07) is 9.98. The Morgan fingerprint density at radius 2 is 1.96 bits per heavy atom. The van der Waals surface area contributed by atoms with E-state index in [1.54, 1.807) is 27.6 Å². The van der Waals surface area contributed by atoms with E-state index in [-0.39, 0.29) is 5.91 Å². The van der Waals surface area contributed by atoms with Crippen molar-refractivity contribution >= 4 is 28.6 Å². The van der Waals surface area contributed by atoms with Gasteiger partial charge < -0.3 is 9.64 Å². The van der Waals surface area contributed by atoms with E-state index in [0.717, 1.165) is 22.0 Å². The molecule has 136 valence electrons. The molecule has 0 fully saturated rings. The van der Waals surface area contributed by atoms with Crippen LogP contribution in [-0.2, 0) is 17.8 Å². The molecular weight excluding hydrogens is 364 g/mol. The second-order valence-electron chi connectivity index (χ2n) is 6.05. The van der Waals surface area contributed by atoms with E-state index in [9.17, 15) is 4.79 Å². The van der Waals surface area contributed by atoms with Crippen molar-refractivity contribution in [2.24, 2.45) is 0 Å². The van der Waals surface area contributed by atoms with E-state index < -0.39 is 0 Å². The molecule has 0 unspecified atom stereocenters. The normalized spacial score (nSPS) is 10.7. The number of benzene rings is 1. The monoisotopic (exact) mass is 386 g/mol. The van der Waals surface area contributed by atoms with Gasteiger partial charge in [0.05, 0.1) is 25.3 Å². The number of likely N-dealkylation sites (N-methyl/N-ethyl adjacent to an activating group) is 1. The van der Waals surface area contributed by atoms with Crippen LogP contribution in [-0.4, -0.2) is 29.4 Å². The Kier molecular flexibility index (Phi) is 6.06. The number of thiophene rings is 1. The van der Waals surface area contributed by atoms with Crippen LogP contribution in [0.25, 0.3) is 10.6 Å². The summed E-state index contributed by atoms with van der Waals surface area (Å²) in [5.41, 5.74) is 3.10. The molecule has 0 saturated heterocycles. The number of hydrogen-bond donors (Lipinski definition) is 0. The van der Waals surface area contributed by atoms with E-state index in [1.165, 1.54) is 10.4 Å². The van der Waals surface area contributed by atoms with E-state index in [0.29, 0.717) is 19.6 Å². The molecular formula is C20H22N2O2S2. The standard InChI is InChI=1S/C20H22N2O2S2/c1-4-24-17-7-5-15(6-8-17)20-21-16(13-26-20)11-19(23)22(3)12-18-14(2)9-10-25-18/h5-10,13H,4,11-12H2,1-3H3. The number of rotatable bonds is 7. The van der Waals surface area contributed by atoms with E-state index in [2.05, 4.69) is 23.4 Å². The van der Waals surface area contributed by atoms with E-state index in [1.807, 2.05) is 43.6 Å². The van der Waals surface area contributed by atoms with Gasteiger partial charge in [-0.05, 0) is 55.1 Å². The molecule has 4 nitrogen and oxygen atoms in total. The second-order valence-corrected chi connectivity index (χ2v) is 7.91. The van der Waals surface area contributed by atoms with Crippen molar-refractivity contribution in [1.82, 2.24) is 9.88 Å². The van der Waals surface area contributed by atoms with Crippen LogP contribution in [0.3, 0.4) is 0 Å². The fourth-order valence-electron chi connectivity index (χ4n) is 2.54. The van der Waals surface area contributed by atoms with E-state index >= 15 is 0 Å². The van der Waals surface area contributed by atoms with Crippen LogP contribution in [0.5, 0.6) is 5.75 Å². The van der Waals surface area contributed by atoms with Crippen molar-refractivity contribution in [3.8, 4) is 16.3 Å². The maximum Gasteiger partial charge on any atom is 0.228 e. The largest absolute Gasteiger partial charge is 0.494 e. The first-order valence-electron chi connectivity index (χ1n) is 8.51.